The molecule has 1 fully saturated rings. The van der Waals surface area contributed by atoms with Crippen molar-refractivity contribution in [3.05, 3.63) is 17.5 Å². The van der Waals surface area contributed by atoms with E-state index in [0.717, 1.165) is 6.92 Å². The molecule has 1 aliphatic rings. The van der Waals surface area contributed by atoms with Crippen LogP contribution in [0.4, 0.5) is 13.2 Å². The van der Waals surface area contributed by atoms with E-state index in [9.17, 15) is 18.0 Å². The van der Waals surface area contributed by atoms with Crippen LogP contribution in [0.2, 0.25) is 0 Å². The lowest BCUT2D eigenvalue weighted by Gasteiger charge is -2.48. The highest BCUT2D eigenvalue weighted by Gasteiger charge is 2.58. The van der Waals surface area contributed by atoms with E-state index in [4.69, 9.17) is 4.74 Å². The van der Waals surface area contributed by atoms with Gasteiger partial charge < -0.3 is 9.64 Å². The van der Waals surface area contributed by atoms with Crippen LogP contribution < -0.4 is 0 Å². The van der Waals surface area contributed by atoms with E-state index in [-0.39, 0.29) is 12.2 Å². The Morgan fingerprint density at radius 1 is 1.32 bits per heavy atom. The first kappa shape index (κ1) is 16.8. The molecule has 5 nitrogen and oxygen atoms in total. The second kappa shape index (κ2) is 4.97. The Balaban J connectivity index is 2.35. The number of nitrogens with zero attached hydrogens (tertiary/aromatic N) is 3. The van der Waals surface area contributed by atoms with Crippen LogP contribution in [0.5, 0.6) is 0 Å². The Morgan fingerprint density at radius 2 is 1.91 bits per heavy atom. The molecule has 0 bridgehead atoms. The van der Waals surface area contributed by atoms with Gasteiger partial charge in [-0.1, -0.05) is 0 Å². The van der Waals surface area contributed by atoms with Gasteiger partial charge in [0.05, 0.1) is 12.1 Å². The first-order valence-electron chi connectivity index (χ1n) is 6.91. The van der Waals surface area contributed by atoms with Gasteiger partial charge in [0, 0.05) is 25.4 Å². The Hall–Kier alpha value is -1.57. The number of ether oxygens (including phenoxy) is 1. The van der Waals surface area contributed by atoms with Crippen LogP contribution in [0, 0.1) is 6.92 Å². The summed E-state index contributed by atoms with van der Waals surface area (Å²) in [6.07, 6.45) is -2.91. The number of aromatic nitrogens is 2. The summed E-state index contributed by atoms with van der Waals surface area (Å²) < 4.78 is 46.6. The molecule has 1 amide bonds. The van der Waals surface area contributed by atoms with Crippen LogP contribution in [0.25, 0.3) is 0 Å². The number of hydrogen-bond donors (Lipinski definition) is 0. The molecule has 22 heavy (non-hydrogen) atoms. The molecule has 0 radical (unpaired) electrons. The lowest BCUT2D eigenvalue weighted by atomic mass is 9.96. The summed E-state index contributed by atoms with van der Waals surface area (Å²) in [5.41, 5.74) is -2.69. The van der Waals surface area contributed by atoms with Crippen LogP contribution >= 0.6 is 0 Å². The van der Waals surface area contributed by atoms with Gasteiger partial charge in [0.25, 0.3) is 5.91 Å². The summed E-state index contributed by atoms with van der Waals surface area (Å²) in [4.78, 5) is 13.7. The number of amides is 1. The number of carbonyl (C=O) groups is 1. The molecule has 0 aromatic carbocycles. The molecule has 1 aromatic rings. The molecule has 1 atom stereocenters. The number of carbonyl (C=O) groups excluding carboxylic acids is 1. The number of morpholine rings is 1. The van der Waals surface area contributed by atoms with E-state index in [1.165, 1.54) is 9.58 Å². The first-order valence-corrected chi connectivity index (χ1v) is 6.91. The number of rotatable bonds is 1. The molecule has 0 spiro atoms. The molecule has 8 heteroatoms. The number of hydrogen-bond acceptors (Lipinski definition) is 3. The number of aryl methyl sites for hydroxylation is 2. The van der Waals surface area contributed by atoms with Gasteiger partial charge in [0.15, 0.2) is 11.3 Å². The van der Waals surface area contributed by atoms with Crippen molar-refractivity contribution in [3.8, 4) is 0 Å². The average Bonchev–Trinajstić information content (AvgIpc) is 2.63. The molecule has 2 rings (SSSR count). The van der Waals surface area contributed by atoms with Crippen LogP contribution in [-0.2, 0) is 11.8 Å². The van der Waals surface area contributed by atoms with Crippen LogP contribution in [0.1, 0.15) is 36.8 Å². The van der Waals surface area contributed by atoms with Crippen LogP contribution in [-0.4, -0.2) is 51.1 Å². The fourth-order valence-corrected chi connectivity index (χ4v) is 2.81. The largest absolute Gasteiger partial charge is 0.418 e. The van der Waals surface area contributed by atoms with Gasteiger partial charge in [-0.05, 0) is 27.7 Å². The molecule has 0 aliphatic carbocycles. The predicted molar refractivity (Wildman–Crippen MR) is 73.5 cm³/mol. The molecule has 0 saturated carbocycles. The third-order valence-electron chi connectivity index (χ3n) is 3.67. The molecule has 1 unspecified atom stereocenters. The van der Waals surface area contributed by atoms with Crippen molar-refractivity contribution in [2.24, 2.45) is 7.05 Å². The molecule has 1 saturated heterocycles. The van der Waals surface area contributed by atoms with E-state index >= 15 is 0 Å². The van der Waals surface area contributed by atoms with E-state index in [2.05, 4.69) is 5.10 Å². The van der Waals surface area contributed by atoms with Crippen molar-refractivity contribution in [2.75, 3.05) is 13.1 Å². The van der Waals surface area contributed by atoms with Crippen molar-refractivity contribution in [2.45, 2.75) is 45.1 Å². The normalized spacial score (nSPS) is 25.4. The standard InChI is InChI=1S/C14H20F3N3O2/c1-9-6-19(5)18-10(9)11(21)20-7-12(2,3)22-13(4,8-20)14(15,16)17/h6H,7-8H2,1-5H3. The lowest BCUT2D eigenvalue weighted by molar-refractivity contribution is -0.318. The van der Waals surface area contributed by atoms with Crippen molar-refractivity contribution >= 4 is 5.91 Å². The quantitative estimate of drug-likeness (QED) is 0.798. The van der Waals surface area contributed by atoms with E-state index in [0.29, 0.717) is 5.56 Å². The molecule has 0 N–H and O–H groups in total. The third-order valence-corrected chi connectivity index (χ3v) is 3.67. The highest BCUT2D eigenvalue weighted by Crippen LogP contribution is 2.40. The third kappa shape index (κ3) is 2.97. The topological polar surface area (TPSA) is 47.4 Å². The fraction of sp³-hybridized carbons (Fsp3) is 0.714. The van der Waals surface area contributed by atoms with Gasteiger partial charge in [0.1, 0.15) is 0 Å². The van der Waals surface area contributed by atoms with Crippen molar-refractivity contribution in [3.63, 3.8) is 0 Å². The first-order chi connectivity index (χ1) is 9.85. The van der Waals surface area contributed by atoms with Crippen molar-refractivity contribution in [1.29, 1.82) is 0 Å². The molecular weight excluding hydrogens is 299 g/mol. The Kier molecular flexibility index (Phi) is 3.80. The summed E-state index contributed by atoms with van der Waals surface area (Å²) >= 11 is 0. The summed E-state index contributed by atoms with van der Waals surface area (Å²) in [7, 11) is 1.66. The maximum Gasteiger partial charge on any atom is 0.418 e. The SMILES string of the molecule is Cc1cn(C)nc1C(=O)N1CC(C)(C)OC(C)(C(F)(F)F)C1. The molecule has 124 valence electrons. The minimum atomic E-state index is -4.57. The fourth-order valence-electron chi connectivity index (χ4n) is 2.81. The lowest BCUT2D eigenvalue weighted by Crippen LogP contribution is -2.65. The second-order valence-electron chi connectivity index (χ2n) is 6.59. The van der Waals surface area contributed by atoms with Crippen molar-refractivity contribution in [1.82, 2.24) is 14.7 Å². The number of alkyl halides is 3. The maximum absolute atomic E-state index is 13.3. The smallest absolute Gasteiger partial charge is 0.356 e. The molecule has 1 aliphatic heterocycles. The highest BCUT2D eigenvalue weighted by atomic mass is 19.4. The zero-order chi connectivity index (χ0) is 16.9. The Bertz CT molecular complexity index is 595. The summed E-state index contributed by atoms with van der Waals surface area (Å²) in [6.45, 7) is 5.29. The van der Waals surface area contributed by atoms with Gasteiger partial charge in [-0.15, -0.1) is 0 Å². The number of halogens is 3. The van der Waals surface area contributed by atoms with Crippen molar-refractivity contribution < 1.29 is 22.7 Å². The molecule has 2 heterocycles. The summed E-state index contributed by atoms with van der Waals surface area (Å²) in [5.74, 6) is -0.509. The van der Waals surface area contributed by atoms with E-state index < -0.39 is 29.8 Å². The van der Waals surface area contributed by atoms with Gasteiger partial charge in [-0.2, -0.15) is 18.3 Å². The zero-order valence-electron chi connectivity index (χ0n) is 13.3. The minimum absolute atomic E-state index is 0.0769. The average molecular weight is 319 g/mol. The van der Waals surface area contributed by atoms with E-state index in [1.807, 2.05) is 0 Å². The van der Waals surface area contributed by atoms with Gasteiger partial charge in [-0.25, -0.2) is 0 Å². The van der Waals surface area contributed by atoms with E-state index in [1.54, 1.807) is 34.0 Å². The summed E-state index contributed by atoms with van der Waals surface area (Å²) in [5, 5.41) is 4.05. The van der Waals surface area contributed by atoms with Crippen LogP contribution in [0.15, 0.2) is 6.20 Å². The monoisotopic (exact) mass is 319 g/mol. The Morgan fingerprint density at radius 3 is 2.36 bits per heavy atom. The summed E-state index contributed by atoms with van der Waals surface area (Å²) in [6, 6.07) is 0. The highest BCUT2D eigenvalue weighted by molar-refractivity contribution is 5.93. The molecular formula is C14H20F3N3O2. The Labute approximate surface area is 127 Å². The maximum atomic E-state index is 13.3. The zero-order valence-corrected chi connectivity index (χ0v) is 13.3. The predicted octanol–water partition coefficient (Wildman–Crippen LogP) is 2.30. The van der Waals surface area contributed by atoms with Crippen LogP contribution in [0.3, 0.4) is 0 Å². The van der Waals surface area contributed by atoms with Gasteiger partial charge in [-0.3, -0.25) is 9.48 Å². The second-order valence-corrected chi connectivity index (χ2v) is 6.59. The van der Waals surface area contributed by atoms with Gasteiger partial charge in [0.2, 0.25) is 0 Å². The van der Waals surface area contributed by atoms with Gasteiger partial charge >= 0.3 is 6.18 Å². The molecule has 1 aromatic heterocycles. The minimum Gasteiger partial charge on any atom is -0.356 e.